The van der Waals surface area contributed by atoms with Crippen LogP contribution in [0.15, 0.2) is 17.5 Å². The number of thiophene rings is 1. The van der Waals surface area contributed by atoms with Crippen LogP contribution in [0.1, 0.15) is 24.3 Å². The quantitative estimate of drug-likeness (QED) is 0.876. The van der Waals surface area contributed by atoms with Gasteiger partial charge in [-0.1, -0.05) is 13.0 Å². The van der Waals surface area contributed by atoms with Gasteiger partial charge in [-0.2, -0.15) is 9.97 Å². The molecule has 1 atom stereocenters. The molecule has 102 valence electrons. The monoisotopic (exact) mass is 280 g/mol. The molecule has 0 saturated heterocycles. The van der Waals surface area contributed by atoms with Crippen LogP contribution in [0.5, 0.6) is 12.0 Å². The van der Waals surface area contributed by atoms with Gasteiger partial charge >= 0.3 is 12.0 Å². The van der Waals surface area contributed by atoms with Crippen molar-refractivity contribution < 1.29 is 9.47 Å². The van der Waals surface area contributed by atoms with Gasteiger partial charge in [-0.25, -0.2) is 0 Å². The molecule has 2 heterocycles. The van der Waals surface area contributed by atoms with Crippen LogP contribution in [-0.4, -0.2) is 29.2 Å². The second-order valence-corrected chi connectivity index (χ2v) is 4.73. The summed E-state index contributed by atoms with van der Waals surface area (Å²) in [5.74, 6) is 0.448. The number of rotatable bonds is 6. The van der Waals surface area contributed by atoms with Crippen molar-refractivity contribution in [2.24, 2.45) is 0 Å². The fourth-order valence-electron chi connectivity index (χ4n) is 1.60. The molecule has 7 heteroatoms. The number of methoxy groups -OCH3 is 2. The maximum Gasteiger partial charge on any atom is 0.324 e. The Hall–Kier alpha value is -1.89. The molecule has 2 rings (SSSR count). The summed E-state index contributed by atoms with van der Waals surface area (Å²) in [5, 5.41) is 5.32. The Bertz CT molecular complexity index is 496. The van der Waals surface area contributed by atoms with Gasteiger partial charge in [0.2, 0.25) is 5.95 Å². The third-order valence-corrected chi connectivity index (χ3v) is 3.54. The summed E-state index contributed by atoms with van der Waals surface area (Å²) < 4.78 is 10.0. The van der Waals surface area contributed by atoms with Crippen LogP contribution in [0.2, 0.25) is 0 Å². The predicted octanol–water partition coefficient (Wildman–Crippen LogP) is 2.51. The number of hydrogen-bond acceptors (Lipinski definition) is 7. The first-order valence-corrected chi connectivity index (χ1v) is 6.78. The van der Waals surface area contributed by atoms with E-state index < -0.39 is 0 Å². The maximum atomic E-state index is 5.02. The summed E-state index contributed by atoms with van der Waals surface area (Å²) in [6, 6.07) is 4.74. The van der Waals surface area contributed by atoms with E-state index in [4.69, 9.17) is 9.47 Å². The van der Waals surface area contributed by atoms with Crippen molar-refractivity contribution >= 4 is 17.3 Å². The average Bonchev–Trinajstić information content (AvgIpc) is 2.98. The van der Waals surface area contributed by atoms with Crippen LogP contribution in [0.4, 0.5) is 5.95 Å². The van der Waals surface area contributed by atoms with Crippen LogP contribution in [0.25, 0.3) is 0 Å². The minimum Gasteiger partial charge on any atom is -0.467 e. The number of anilines is 1. The van der Waals surface area contributed by atoms with E-state index in [0.717, 1.165) is 6.42 Å². The molecule has 2 aromatic heterocycles. The van der Waals surface area contributed by atoms with E-state index in [-0.39, 0.29) is 18.1 Å². The third kappa shape index (κ3) is 3.31. The molecule has 0 amide bonds. The molecule has 0 aromatic carbocycles. The Balaban J connectivity index is 2.21. The zero-order valence-electron chi connectivity index (χ0n) is 11.1. The van der Waals surface area contributed by atoms with Gasteiger partial charge < -0.3 is 14.8 Å². The van der Waals surface area contributed by atoms with Crippen LogP contribution in [-0.2, 0) is 0 Å². The molecule has 0 aliphatic heterocycles. The normalized spacial score (nSPS) is 11.9. The van der Waals surface area contributed by atoms with Crippen LogP contribution >= 0.6 is 11.3 Å². The van der Waals surface area contributed by atoms with E-state index in [0.29, 0.717) is 5.95 Å². The molecular weight excluding hydrogens is 264 g/mol. The van der Waals surface area contributed by atoms with E-state index in [1.54, 1.807) is 11.3 Å². The molecule has 0 bridgehead atoms. The smallest absolute Gasteiger partial charge is 0.324 e. The maximum absolute atomic E-state index is 5.02. The summed E-state index contributed by atoms with van der Waals surface area (Å²) in [5.41, 5.74) is 0. The molecule has 6 nitrogen and oxygen atoms in total. The molecular formula is C12H16N4O2S. The van der Waals surface area contributed by atoms with Gasteiger partial charge in [-0.05, 0) is 17.9 Å². The third-order valence-electron chi connectivity index (χ3n) is 2.56. The molecule has 0 saturated carbocycles. The first-order valence-electron chi connectivity index (χ1n) is 5.90. The van der Waals surface area contributed by atoms with Crippen molar-refractivity contribution in [3.8, 4) is 12.0 Å². The van der Waals surface area contributed by atoms with Gasteiger partial charge in [0, 0.05) is 4.88 Å². The van der Waals surface area contributed by atoms with E-state index >= 15 is 0 Å². The van der Waals surface area contributed by atoms with Crippen LogP contribution in [0.3, 0.4) is 0 Å². The highest BCUT2D eigenvalue weighted by molar-refractivity contribution is 7.10. The molecule has 0 spiro atoms. The van der Waals surface area contributed by atoms with Crippen LogP contribution in [0, 0.1) is 0 Å². The molecule has 0 radical (unpaired) electrons. The van der Waals surface area contributed by atoms with Crippen molar-refractivity contribution in [1.82, 2.24) is 15.0 Å². The summed E-state index contributed by atoms with van der Waals surface area (Å²) in [6.07, 6.45) is 0.927. The van der Waals surface area contributed by atoms with Gasteiger partial charge in [-0.3, -0.25) is 0 Å². The molecule has 0 aliphatic carbocycles. The van der Waals surface area contributed by atoms with E-state index in [9.17, 15) is 0 Å². The fourth-order valence-corrected chi connectivity index (χ4v) is 2.47. The summed E-state index contributed by atoms with van der Waals surface area (Å²) in [4.78, 5) is 13.5. The van der Waals surface area contributed by atoms with Crippen molar-refractivity contribution in [3.05, 3.63) is 22.4 Å². The van der Waals surface area contributed by atoms with Gasteiger partial charge in [0.1, 0.15) is 0 Å². The van der Waals surface area contributed by atoms with Crippen molar-refractivity contribution in [1.29, 1.82) is 0 Å². The lowest BCUT2D eigenvalue weighted by Gasteiger charge is -2.15. The highest BCUT2D eigenvalue weighted by Gasteiger charge is 2.14. The highest BCUT2D eigenvalue weighted by atomic mass is 32.1. The molecule has 19 heavy (non-hydrogen) atoms. The zero-order chi connectivity index (χ0) is 13.7. The fraction of sp³-hybridized carbons (Fsp3) is 0.417. The largest absolute Gasteiger partial charge is 0.467 e. The Morgan fingerprint density at radius 3 is 2.37 bits per heavy atom. The van der Waals surface area contributed by atoms with Crippen LogP contribution < -0.4 is 14.8 Å². The Labute approximate surface area is 115 Å². The standard InChI is InChI=1S/C12H16N4O2S/c1-4-8(9-6-5-7-19-9)13-10-14-11(17-2)16-12(15-10)18-3/h5-8H,4H2,1-3H3,(H,13,14,15,16). The zero-order valence-corrected chi connectivity index (χ0v) is 11.9. The van der Waals surface area contributed by atoms with Crippen molar-refractivity contribution in [3.63, 3.8) is 0 Å². The number of hydrogen-bond donors (Lipinski definition) is 1. The van der Waals surface area contributed by atoms with E-state index in [1.165, 1.54) is 19.1 Å². The Morgan fingerprint density at radius 1 is 1.21 bits per heavy atom. The van der Waals surface area contributed by atoms with Crippen molar-refractivity contribution in [2.75, 3.05) is 19.5 Å². The highest BCUT2D eigenvalue weighted by Crippen LogP contribution is 2.25. The minimum absolute atomic E-state index is 0.164. The summed E-state index contributed by atoms with van der Waals surface area (Å²) in [6.45, 7) is 2.10. The number of nitrogens with zero attached hydrogens (tertiary/aromatic N) is 3. The van der Waals surface area contributed by atoms with Gasteiger partial charge in [0.15, 0.2) is 0 Å². The summed E-state index contributed by atoms with van der Waals surface area (Å²) in [7, 11) is 3.02. The first-order chi connectivity index (χ1) is 9.26. The van der Waals surface area contributed by atoms with E-state index in [1.807, 2.05) is 11.4 Å². The topological polar surface area (TPSA) is 69.2 Å². The number of aromatic nitrogens is 3. The predicted molar refractivity (Wildman–Crippen MR) is 73.9 cm³/mol. The summed E-state index contributed by atoms with van der Waals surface area (Å²) >= 11 is 1.70. The van der Waals surface area contributed by atoms with Gasteiger partial charge in [0.05, 0.1) is 20.3 Å². The van der Waals surface area contributed by atoms with Gasteiger partial charge in [0.25, 0.3) is 0 Å². The molecule has 0 aliphatic rings. The number of ether oxygens (including phenoxy) is 2. The molecule has 1 unspecified atom stereocenters. The average molecular weight is 280 g/mol. The molecule has 0 fully saturated rings. The Kier molecular flexibility index (Phi) is 4.51. The SMILES string of the molecule is CCC(Nc1nc(OC)nc(OC)n1)c1cccs1. The second kappa shape index (κ2) is 6.33. The lowest BCUT2D eigenvalue weighted by atomic mass is 10.2. The van der Waals surface area contributed by atoms with Gasteiger partial charge in [-0.15, -0.1) is 16.3 Å². The second-order valence-electron chi connectivity index (χ2n) is 3.75. The lowest BCUT2D eigenvalue weighted by Crippen LogP contribution is -2.12. The Morgan fingerprint density at radius 2 is 1.89 bits per heavy atom. The number of nitrogens with one attached hydrogen (secondary N) is 1. The molecule has 1 N–H and O–H groups in total. The van der Waals surface area contributed by atoms with Crippen molar-refractivity contribution in [2.45, 2.75) is 19.4 Å². The van der Waals surface area contributed by atoms with E-state index in [2.05, 4.69) is 33.3 Å². The minimum atomic E-state index is 0.164. The molecule has 2 aromatic rings. The first kappa shape index (κ1) is 13.5. The lowest BCUT2D eigenvalue weighted by molar-refractivity contribution is 0.341.